The average Bonchev–Trinajstić information content (AvgIpc) is 3.78. The largest absolute Gasteiger partial charge is 0.496 e. The number of esters is 1. The van der Waals surface area contributed by atoms with Crippen LogP contribution in [0.15, 0.2) is 90.6 Å². The highest BCUT2D eigenvalue weighted by molar-refractivity contribution is 6.30. The van der Waals surface area contributed by atoms with Crippen LogP contribution in [0.5, 0.6) is 23.0 Å². The third kappa shape index (κ3) is 9.17. The maximum absolute atomic E-state index is 13.3. The van der Waals surface area contributed by atoms with Crippen molar-refractivity contribution < 1.29 is 33.7 Å². The monoisotopic (exact) mass is 737 g/mol. The number of hydrogen-bond acceptors (Lipinski definition) is 9. The van der Waals surface area contributed by atoms with E-state index in [2.05, 4.69) is 36.9 Å². The lowest BCUT2D eigenvalue weighted by atomic mass is 9.99. The molecular weight excluding hydrogens is 698 g/mol. The van der Waals surface area contributed by atoms with Crippen molar-refractivity contribution in [1.82, 2.24) is 9.78 Å². The normalized spacial score (nSPS) is 12.2. The SMILES string of the molecule is CCCCn1ncc(/C=C(/C)Cc2cc3c(cc2OC)CCO3)c1-c1ccc(Cl)cc1OCc1ccccc1C(=O)Oc1ccc(CO[N+](=O)[O-])cc1. The lowest BCUT2D eigenvalue weighted by Crippen LogP contribution is -2.13. The van der Waals surface area contributed by atoms with Gasteiger partial charge in [-0.15, -0.1) is 10.1 Å². The summed E-state index contributed by atoms with van der Waals surface area (Å²) in [6.45, 7) is 5.49. The van der Waals surface area contributed by atoms with E-state index < -0.39 is 11.1 Å². The topological polar surface area (TPSA) is 124 Å². The van der Waals surface area contributed by atoms with Crippen LogP contribution in [0.3, 0.4) is 0 Å². The fourth-order valence-electron chi connectivity index (χ4n) is 6.22. The van der Waals surface area contributed by atoms with Gasteiger partial charge in [0.25, 0.3) is 5.09 Å². The van der Waals surface area contributed by atoms with Crippen LogP contribution in [0.4, 0.5) is 0 Å². The zero-order valence-electron chi connectivity index (χ0n) is 29.8. The first kappa shape index (κ1) is 37.0. The van der Waals surface area contributed by atoms with E-state index in [1.807, 2.05) is 29.1 Å². The summed E-state index contributed by atoms with van der Waals surface area (Å²) in [5.74, 6) is 2.01. The maximum atomic E-state index is 13.3. The average molecular weight is 738 g/mol. The number of hydrogen-bond donors (Lipinski definition) is 0. The van der Waals surface area contributed by atoms with Crippen molar-refractivity contribution in [1.29, 1.82) is 0 Å². The van der Waals surface area contributed by atoms with E-state index in [1.54, 1.807) is 55.6 Å². The van der Waals surface area contributed by atoms with E-state index in [4.69, 9.17) is 35.6 Å². The highest BCUT2D eigenvalue weighted by Crippen LogP contribution is 2.38. The number of methoxy groups -OCH3 is 1. The van der Waals surface area contributed by atoms with Crippen LogP contribution in [0, 0.1) is 10.1 Å². The van der Waals surface area contributed by atoms with Gasteiger partial charge in [-0.25, -0.2) is 4.79 Å². The first-order chi connectivity index (χ1) is 25.7. The zero-order chi connectivity index (χ0) is 37.3. The van der Waals surface area contributed by atoms with Gasteiger partial charge in [-0.3, -0.25) is 4.68 Å². The number of aryl methyl sites for hydroxylation is 1. The highest BCUT2D eigenvalue weighted by Gasteiger charge is 2.21. The van der Waals surface area contributed by atoms with E-state index in [0.29, 0.717) is 40.5 Å². The molecule has 0 atom stereocenters. The molecule has 6 rings (SSSR count). The Morgan fingerprint density at radius 2 is 1.85 bits per heavy atom. The molecule has 1 aromatic heterocycles. The molecule has 274 valence electrons. The molecule has 11 nitrogen and oxygen atoms in total. The van der Waals surface area contributed by atoms with Crippen LogP contribution in [0.25, 0.3) is 17.3 Å². The Balaban J connectivity index is 1.25. The smallest absolute Gasteiger partial charge is 0.343 e. The number of carbonyl (C=O) groups excluding carboxylic acids is 1. The fraction of sp³-hybridized carbons (Fsp3) is 0.268. The molecule has 0 amide bonds. The van der Waals surface area contributed by atoms with Crippen LogP contribution in [-0.4, -0.2) is 34.6 Å². The summed E-state index contributed by atoms with van der Waals surface area (Å²) in [5, 5.41) is 14.9. The molecule has 2 heterocycles. The molecule has 1 aliphatic rings. The number of rotatable bonds is 16. The minimum absolute atomic E-state index is 0.0588. The Bertz CT molecular complexity index is 2130. The van der Waals surface area contributed by atoms with E-state index >= 15 is 0 Å². The Kier molecular flexibility index (Phi) is 12.0. The molecule has 0 saturated carbocycles. The molecular formula is C41H40ClN3O8. The lowest BCUT2D eigenvalue weighted by molar-refractivity contribution is -0.763. The summed E-state index contributed by atoms with van der Waals surface area (Å²) in [7, 11) is 1.69. The van der Waals surface area contributed by atoms with Gasteiger partial charge in [-0.05, 0) is 73.9 Å². The molecule has 0 unspecified atom stereocenters. The Morgan fingerprint density at radius 1 is 1.04 bits per heavy atom. The second-order valence-corrected chi connectivity index (χ2v) is 13.1. The van der Waals surface area contributed by atoms with Crippen molar-refractivity contribution in [2.45, 2.75) is 59.3 Å². The molecule has 0 spiro atoms. The molecule has 5 aromatic rings. The first-order valence-corrected chi connectivity index (χ1v) is 17.7. The minimum atomic E-state index is -0.859. The summed E-state index contributed by atoms with van der Waals surface area (Å²) in [5.41, 5.74) is 7.47. The zero-order valence-corrected chi connectivity index (χ0v) is 30.6. The molecule has 4 aromatic carbocycles. The van der Waals surface area contributed by atoms with Crippen molar-refractivity contribution in [3.05, 3.63) is 139 Å². The number of benzene rings is 4. The predicted octanol–water partition coefficient (Wildman–Crippen LogP) is 9.10. The van der Waals surface area contributed by atoms with Gasteiger partial charge >= 0.3 is 5.97 Å². The quantitative estimate of drug-likeness (QED) is 0.0422. The second kappa shape index (κ2) is 17.1. The summed E-state index contributed by atoms with van der Waals surface area (Å²) in [4.78, 5) is 28.2. The molecule has 1 aliphatic heterocycles. The van der Waals surface area contributed by atoms with Crippen LogP contribution in [0.2, 0.25) is 5.02 Å². The van der Waals surface area contributed by atoms with Crippen LogP contribution in [0.1, 0.15) is 64.9 Å². The van der Waals surface area contributed by atoms with Gasteiger partial charge in [0.15, 0.2) is 0 Å². The van der Waals surface area contributed by atoms with Crippen LogP contribution < -0.4 is 18.9 Å². The first-order valence-electron chi connectivity index (χ1n) is 17.4. The molecule has 0 aliphatic carbocycles. The molecule has 0 saturated heterocycles. The number of unbranched alkanes of at least 4 members (excludes halogenated alkanes) is 1. The number of aromatic nitrogens is 2. The number of halogens is 1. The van der Waals surface area contributed by atoms with Gasteiger partial charge < -0.3 is 23.8 Å². The van der Waals surface area contributed by atoms with Crippen molar-refractivity contribution in [2.24, 2.45) is 0 Å². The van der Waals surface area contributed by atoms with E-state index in [1.165, 1.54) is 0 Å². The molecule has 0 radical (unpaired) electrons. The predicted molar refractivity (Wildman–Crippen MR) is 201 cm³/mol. The number of nitrogens with zero attached hydrogens (tertiary/aromatic N) is 3. The van der Waals surface area contributed by atoms with Crippen molar-refractivity contribution in [3.8, 4) is 34.3 Å². The van der Waals surface area contributed by atoms with E-state index in [-0.39, 0.29) is 19.0 Å². The van der Waals surface area contributed by atoms with Gasteiger partial charge in [-0.1, -0.05) is 66.9 Å². The minimum Gasteiger partial charge on any atom is -0.496 e. The summed E-state index contributed by atoms with van der Waals surface area (Å²) in [6, 6.07) is 23.0. The molecule has 12 heteroatoms. The summed E-state index contributed by atoms with van der Waals surface area (Å²) >= 11 is 6.53. The Morgan fingerprint density at radius 3 is 2.62 bits per heavy atom. The van der Waals surface area contributed by atoms with Crippen molar-refractivity contribution >= 4 is 23.6 Å². The van der Waals surface area contributed by atoms with Gasteiger partial charge in [0.1, 0.15) is 36.2 Å². The van der Waals surface area contributed by atoms with Gasteiger partial charge in [0, 0.05) is 45.8 Å². The number of ether oxygens (including phenoxy) is 4. The Hall–Kier alpha value is -5.81. The molecule has 53 heavy (non-hydrogen) atoms. The summed E-state index contributed by atoms with van der Waals surface area (Å²) in [6.07, 6.45) is 7.51. The van der Waals surface area contributed by atoms with Crippen LogP contribution in [-0.2, 0) is 37.4 Å². The maximum Gasteiger partial charge on any atom is 0.343 e. The molecule has 0 N–H and O–H groups in total. The fourth-order valence-corrected chi connectivity index (χ4v) is 6.38. The van der Waals surface area contributed by atoms with Gasteiger partial charge in [-0.2, -0.15) is 5.10 Å². The van der Waals surface area contributed by atoms with Gasteiger partial charge in [0.2, 0.25) is 0 Å². The van der Waals surface area contributed by atoms with Crippen molar-refractivity contribution in [3.63, 3.8) is 0 Å². The van der Waals surface area contributed by atoms with E-state index in [9.17, 15) is 14.9 Å². The second-order valence-electron chi connectivity index (χ2n) is 12.7. The highest BCUT2D eigenvalue weighted by atomic mass is 35.5. The number of allylic oxidation sites excluding steroid dienone is 1. The molecule has 0 fully saturated rings. The third-order valence-electron chi connectivity index (χ3n) is 8.84. The van der Waals surface area contributed by atoms with E-state index in [0.717, 1.165) is 70.8 Å². The number of carbonyl (C=O) groups is 1. The summed E-state index contributed by atoms with van der Waals surface area (Å²) < 4.78 is 25.7. The number of fused-ring (bicyclic) bond motifs is 1. The van der Waals surface area contributed by atoms with Gasteiger partial charge in [0.05, 0.1) is 31.2 Å². The lowest BCUT2D eigenvalue weighted by Gasteiger charge is -2.16. The van der Waals surface area contributed by atoms with Crippen molar-refractivity contribution in [2.75, 3.05) is 13.7 Å². The standard InChI is InChI=1S/C41H40ClN3O8/c1-4-5-17-44-40(32(24-43-44)20-27(2)19-31-22-38-29(16-18-50-38)21-37(31)49-3)36-15-12-33(42)23-39(36)51-26-30-8-6-7-9-35(30)41(46)53-34-13-10-28(11-14-34)25-52-45(47)48/h6-15,20-24H,4-5,16-19,25-26H2,1-3H3/b27-20-. The third-order valence-corrected chi connectivity index (χ3v) is 9.08. The molecule has 0 bridgehead atoms. The van der Waals surface area contributed by atoms with Crippen LogP contribution >= 0.6 is 11.6 Å². The Labute approximate surface area is 312 Å².